The van der Waals surface area contributed by atoms with E-state index in [0.717, 1.165) is 27.6 Å². The number of thiophene rings is 1. The second-order valence-electron chi connectivity index (χ2n) is 5.69. The van der Waals surface area contributed by atoms with E-state index < -0.39 is 0 Å². The molecule has 0 radical (unpaired) electrons. The molecule has 1 aliphatic rings. The summed E-state index contributed by atoms with van der Waals surface area (Å²) in [5.74, 6) is 1.40. The van der Waals surface area contributed by atoms with Gasteiger partial charge in [-0.05, 0) is 29.1 Å². The van der Waals surface area contributed by atoms with E-state index in [2.05, 4.69) is 4.98 Å². The van der Waals surface area contributed by atoms with E-state index in [4.69, 9.17) is 9.47 Å². The van der Waals surface area contributed by atoms with Crippen molar-refractivity contribution in [2.75, 3.05) is 20.3 Å². The van der Waals surface area contributed by atoms with Crippen LogP contribution in [0.2, 0.25) is 0 Å². The Morgan fingerprint density at radius 2 is 2.04 bits per heavy atom. The van der Waals surface area contributed by atoms with Gasteiger partial charge >= 0.3 is 0 Å². The molecule has 1 amide bonds. The molecular weight excluding hydrogens is 356 g/mol. The van der Waals surface area contributed by atoms with Crippen molar-refractivity contribution in [3.63, 3.8) is 0 Å². The van der Waals surface area contributed by atoms with E-state index >= 15 is 0 Å². The van der Waals surface area contributed by atoms with Crippen molar-refractivity contribution in [2.45, 2.75) is 6.54 Å². The highest BCUT2D eigenvalue weighted by molar-refractivity contribution is 7.14. The monoisotopic (exact) mass is 372 g/mol. The summed E-state index contributed by atoms with van der Waals surface area (Å²) in [6.45, 7) is 1.61. The smallest absolute Gasteiger partial charge is 0.273 e. The molecule has 0 spiro atoms. The molecule has 0 atom stereocenters. The fourth-order valence-corrected chi connectivity index (χ4v) is 4.12. The molecule has 0 unspecified atom stereocenters. The Hall–Kier alpha value is -2.38. The first-order valence-corrected chi connectivity index (χ1v) is 9.65. The first-order chi connectivity index (χ1) is 12.2. The Labute approximate surface area is 153 Å². The Kier molecular flexibility index (Phi) is 4.42. The van der Waals surface area contributed by atoms with Crippen LogP contribution >= 0.6 is 22.7 Å². The van der Waals surface area contributed by atoms with Gasteiger partial charge in [-0.2, -0.15) is 11.3 Å². The molecule has 3 heterocycles. The average Bonchev–Trinajstić information content (AvgIpc) is 3.32. The minimum absolute atomic E-state index is 0.0902. The summed E-state index contributed by atoms with van der Waals surface area (Å²) in [6, 6.07) is 7.78. The minimum Gasteiger partial charge on any atom is -0.486 e. The first kappa shape index (κ1) is 16.1. The number of ether oxygens (including phenoxy) is 2. The molecule has 0 fully saturated rings. The van der Waals surface area contributed by atoms with Gasteiger partial charge in [0.1, 0.15) is 23.9 Å². The van der Waals surface area contributed by atoms with Crippen LogP contribution in [0.3, 0.4) is 0 Å². The molecule has 128 valence electrons. The molecule has 5 nitrogen and oxygen atoms in total. The number of carbonyl (C=O) groups excluding carboxylic acids is 1. The Bertz CT molecular complexity index is 890. The van der Waals surface area contributed by atoms with Gasteiger partial charge in [-0.1, -0.05) is 6.07 Å². The van der Waals surface area contributed by atoms with Crippen molar-refractivity contribution >= 4 is 28.6 Å². The Morgan fingerprint density at radius 1 is 1.20 bits per heavy atom. The van der Waals surface area contributed by atoms with E-state index in [1.807, 2.05) is 40.4 Å². The third-order valence-corrected chi connectivity index (χ3v) is 5.44. The van der Waals surface area contributed by atoms with Gasteiger partial charge in [0.2, 0.25) is 0 Å². The van der Waals surface area contributed by atoms with E-state index in [-0.39, 0.29) is 5.91 Å². The van der Waals surface area contributed by atoms with Crippen LogP contribution in [0.25, 0.3) is 10.6 Å². The van der Waals surface area contributed by atoms with E-state index in [0.29, 0.717) is 25.5 Å². The number of amides is 1. The molecule has 25 heavy (non-hydrogen) atoms. The van der Waals surface area contributed by atoms with Gasteiger partial charge < -0.3 is 14.4 Å². The number of thiazole rings is 1. The normalized spacial score (nSPS) is 12.8. The number of aromatic nitrogens is 1. The zero-order valence-corrected chi connectivity index (χ0v) is 15.2. The topological polar surface area (TPSA) is 51.7 Å². The number of fused-ring (bicyclic) bond motifs is 1. The van der Waals surface area contributed by atoms with Gasteiger partial charge in [-0.25, -0.2) is 4.98 Å². The highest BCUT2D eigenvalue weighted by atomic mass is 32.1. The quantitative estimate of drug-likeness (QED) is 0.697. The lowest BCUT2D eigenvalue weighted by atomic mass is 10.2. The van der Waals surface area contributed by atoms with Crippen molar-refractivity contribution in [1.29, 1.82) is 0 Å². The van der Waals surface area contributed by atoms with Gasteiger partial charge in [-0.15, -0.1) is 11.3 Å². The summed E-state index contributed by atoms with van der Waals surface area (Å²) in [6.07, 6.45) is 0. The maximum absolute atomic E-state index is 12.6. The number of carbonyl (C=O) groups is 1. The van der Waals surface area contributed by atoms with E-state index in [9.17, 15) is 4.79 Å². The number of hydrogen-bond donors (Lipinski definition) is 0. The highest BCUT2D eigenvalue weighted by Gasteiger charge is 2.18. The van der Waals surface area contributed by atoms with Gasteiger partial charge in [-0.3, -0.25) is 4.79 Å². The minimum atomic E-state index is -0.0902. The fraction of sp³-hybridized carbons (Fsp3) is 0.222. The van der Waals surface area contributed by atoms with Crippen molar-refractivity contribution in [3.8, 4) is 22.1 Å². The molecule has 0 N–H and O–H groups in total. The van der Waals surface area contributed by atoms with Crippen LogP contribution in [-0.2, 0) is 6.54 Å². The lowest BCUT2D eigenvalue weighted by Crippen LogP contribution is -2.26. The van der Waals surface area contributed by atoms with Gasteiger partial charge in [0.25, 0.3) is 5.91 Å². The summed E-state index contributed by atoms with van der Waals surface area (Å²) in [5, 5.41) is 6.73. The van der Waals surface area contributed by atoms with Crippen molar-refractivity contribution in [3.05, 3.63) is 51.7 Å². The molecule has 7 heteroatoms. The lowest BCUT2D eigenvalue weighted by Gasteiger charge is -2.21. The predicted molar refractivity (Wildman–Crippen MR) is 98.7 cm³/mol. The third kappa shape index (κ3) is 3.38. The number of hydrogen-bond acceptors (Lipinski definition) is 6. The second kappa shape index (κ2) is 6.85. The largest absolute Gasteiger partial charge is 0.486 e. The van der Waals surface area contributed by atoms with Crippen LogP contribution in [-0.4, -0.2) is 36.1 Å². The molecule has 0 bridgehead atoms. The number of benzene rings is 1. The number of rotatable bonds is 4. The van der Waals surface area contributed by atoms with Crippen molar-refractivity contribution in [2.24, 2.45) is 0 Å². The molecule has 1 aromatic carbocycles. The van der Waals surface area contributed by atoms with E-state index in [1.54, 1.807) is 23.3 Å². The molecule has 0 aliphatic carbocycles. The third-order valence-electron chi connectivity index (χ3n) is 3.86. The molecule has 1 aliphatic heterocycles. The highest BCUT2D eigenvalue weighted by Crippen LogP contribution is 2.31. The summed E-state index contributed by atoms with van der Waals surface area (Å²) in [7, 11) is 1.78. The molecule has 0 saturated heterocycles. The van der Waals surface area contributed by atoms with Crippen LogP contribution in [0.4, 0.5) is 0 Å². The molecular formula is C18H16N2O3S2. The zero-order chi connectivity index (χ0) is 17.2. The van der Waals surface area contributed by atoms with Crippen molar-refractivity contribution < 1.29 is 14.3 Å². The van der Waals surface area contributed by atoms with Crippen molar-refractivity contribution in [1.82, 2.24) is 9.88 Å². The van der Waals surface area contributed by atoms with Gasteiger partial charge in [0.05, 0.1) is 0 Å². The average molecular weight is 372 g/mol. The summed E-state index contributed by atoms with van der Waals surface area (Å²) < 4.78 is 11.1. The Morgan fingerprint density at radius 3 is 2.84 bits per heavy atom. The summed E-state index contributed by atoms with van der Waals surface area (Å²) in [5.41, 5.74) is 2.53. The molecule has 0 saturated carbocycles. The first-order valence-electron chi connectivity index (χ1n) is 7.83. The van der Waals surface area contributed by atoms with Crippen LogP contribution in [0.1, 0.15) is 16.1 Å². The lowest BCUT2D eigenvalue weighted by molar-refractivity contribution is 0.0780. The predicted octanol–water partition coefficient (Wildman–Crippen LogP) is 3.92. The van der Waals surface area contributed by atoms with Crippen LogP contribution < -0.4 is 9.47 Å². The summed E-state index contributed by atoms with van der Waals surface area (Å²) in [4.78, 5) is 18.8. The zero-order valence-electron chi connectivity index (χ0n) is 13.6. The fourth-order valence-electron chi connectivity index (χ4n) is 2.62. The van der Waals surface area contributed by atoms with Gasteiger partial charge in [0, 0.05) is 29.9 Å². The molecule has 3 aromatic rings. The van der Waals surface area contributed by atoms with Crippen LogP contribution in [0, 0.1) is 0 Å². The maximum atomic E-state index is 12.6. The van der Waals surface area contributed by atoms with Gasteiger partial charge in [0.15, 0.2) is 11.5 Å². The van der Waals surface area contributed by atoms with E-state index in [1.165, 1.54) is 11.3 Å². The Balaban J connectivity index is 1.47. The second-order valence-corrected chi connectivity index (χ2v) is 7.33. The summed E-state index contributed by atoms with van der Waals surface area (Å²) >= 11 is 3.11. The standard InChI is InChI=1S/C18H16N2O3S2/c1-20(9-12-2-3-15-16(8-12)23-6-5-22-15)18(21)14-11-25-17(19-14)13-4-7-24-10-13/h2-4,7-8,10-11H,5-6,9H2,1H3. The maximum Gasteiger partial charge on any atom is 0.273 e. The van der Waals surface area contributed by atoms with Crippen LogP contribution in [0.5, 0.6) is 11.5 Å². The SMILES string of the molecule is CN(Cc1ccc2c(c1)OCCO2)C(=O)c1csc(-c2ccsc2)n1. The molecule has 2 aromatic heterocycles. The molecule has 4 rings (SSSR count). The number of nitrogens with zero attached hydrogens (tertiary/aromatic N) is 2. The van der Waals surface area contributed by atoms with Crippen LogP contribution in [0.15, 0.2) is 40.4 Å².